The summed E-state index contributed by atoms with van der Waals surface area (Å²) in [4.78, 5) is 68.1. The minimum absolute atomic E-state index is 0.0177. The molecule has 14 nitrogen and oxygen atoms in total. The molecule has 0 atom stereocenters. The first kappa shape index (κ1) is 39.6. The van der Waals surface area contributed by atoms with E-state index in [2.05, 4.69) is 5.32 Å². The Balaban J connectivity index is 0.000000211. The van der Waals surface area contributed by atoms with Crippen LogP contribution < -0.4 is 14.8 Å². The summed E-state index contributed by atoms with van der Waals surface area (Å²) in [5.41, 5.74) is 0.358. The standard InChI is InChI=1S/C22H31N3O5.C17H23N3O3/c1-22(2,3)30-21(28)24-13-8-17(9-14-24)20(27)23-11-6-16(7-12-23)19(26)18-5-4-10-25(29)15-18;21-16(15-2-1-9-20(23)12-15)13-5-10-19(11-6-13)17(22)14-3-7-18-8-4-14/h4-5,10,15-17H,6-9,11-14H2,1-3H3;1-2,9,12-14,18H,3-8,10-11H2. The maximum atomic E-state index is 12.9. The van der Waals surface area contributed by atoms with Crippen LogP contribution in [0.4, 0.5) is 4.79 Å². The van der Waals surface area contributed by atoms with Gasteiger partial charge in [0.05, 0.1) is 11.1 Å². The smallest absolute Gasteiger partial charge is 0.410 e. The summed E-state index contributed by atoms with van der Waals surface area (Å²) in [6.45, 7) is 10.8. The zero-order chi connectivity index (χ0) is 38.1. The van der Waals surface area contributed by atoms with E-state index >= 15 is 0 Å². The van der Waals surface area contributed by atoms with Crippen LogP contribution in [0.5, 0.6) is 0 Å². The normalized spacial score (nSPS) is 19.6. The van der Waals surface area contributed by atoms with Gasteiger partial charge in [-0.25, -0.2) is 4.79 Å². The molecule has 0 bridgehead atoms. The summed E-state index contributed by atoms with van der Waals surface area (Å²) in [6.07, 6.45) is 10.7. The fourth-order valence-corrected chi connectivity index (χ4v) is 7.62. The number of amides is 3. The molecule has 4 aliphatic heterocycles. The predicted molar refractivity (Wildman–Crippen MR) is 194 cm³/mol. The topological polar surface area (TPSA) is 170 Å². The van der Waals surface area contributed by atoms with Crippen molar-refractivity contribution in [1.82, 2.24) is 20.0 Å². The molecule has 1 N–H and O–H groups in total. The summed E-state index contributed by atoms with van der Waals surface area (Å²) >= 11 is 0. The van der Waals surface area contributed by atoms with Gasteiger partial charge in [0.15, 0.2) is 36.4 Å². The Kier molecular flexibility index (Phi) is 13.4. The van der Waals surface area contributed by atoms with E-state index in [1.807, 2.05) is 30.6 Å². The van der Waals surface area contributed by atoms with Gasteiger partial charge in [0.1, 0.15) is 5.60 Å². The van der Waals surface area contributed by atoms with Crippen LogP contribution in [0.15, 0.2) is 49.1 Å². The third kappa shape index (κ3) is 11.0. The first-order chi connectivity index (χ1) is 25.3. The molecule has 0 aromatic carbocycles. The molecule has 3 amide bonds. The van der Waals surface area contributed by atoms with Gasteiger partial charge in [-0.3, -0.25) is 19.2 Å². The van der Waals surface area contributed by atoms with Gasteiger partial charge in [-0.2, -0.15) is 9.46 Å². The molecule has 4 fully saturated rings. The molecule has 288 valence electrons. The molecule has 4 aliphatic rings. The van der Waals surface area contributed by atoms with Crippen molar-refractivity contribution in [3.05, 3.63) is 70.6 Å². The highest BCUT2D eigenvalue weighted by Gasteiger charge is 2.35. The van der Waals surface area contributed by atoms with Gasteiger partial charge >= 0.3 is 6.09 Å². The first-order valence-corrected chi connectivity index (χ1v) is 19.0. The van der Waals surface area contributed by atoms with Gasteiger partial charge in [0.2, 0.25) is 11.8 Å². The maximum Gasteiger partial charge on any atom is 0.410 e. The molecular formula is C39H54N6O8. The van der Waals surface area contributed by atoms with Crippen molar-refractivity contribution in [3.63, 3.8) is 0 Å². The van der Waals surface area contributed by atoms with Crippen molar-refractivity contribution >= 4 is 29.5 Å². The second-order valence-electron chi connectivity index (χ2n) is 15.6. The van der Waals surface area contributed by atoms with E-state index in [4.69, 9.17) is 4.74 Å². The number of Topliss-reactive ketones (excluding diaryl/α,β-unsaturated/α-hetero) is 2. The largest absolute Gasteiger partial charge is 0.619 e. The van der Waals surface area contributed by atoms with E-state index in [9.17, 15) is 34.4 Å². The Hall–Kier alpha value is -4.59. The number of carbonyl (C=O) groups excluding carboxylic acids is 5. The third-order valence-corrected chi connectivity index (χ3v) is 10.7. The number of aromatic nitrogens is 2. The summed E-state index contributed by atoms with van der Waals surface area (Å²) in [5, 5.41) is 26.0. The third-order valence-electron chi connectivity index (χ3n) is 10.7. The number of ketones is 2. The van der Waals surface area contributed by atoms with Crippen LogP contribution in [0.25, 0.3) is 0 Å². The predicted octanol–water partition coefficient (Wildman–Crippen LogP) is 3.13. The molecule has 0 radical (unpaired) electrons. The lowest BCUT2D eigenvalue weighted by molar-refractivity contribution is -0.605. The zero-order valence-corrected chi connectivity index (χ0v) is 31.2. The highest BCUT2D eigenvalue weighted by atomic mass is 16.6. The molecule has 2 aromatic rings. The van der Waals surface area contributed by atoms with Gasteiger partial charge in [-0.1, -0.05) is 0 Å². The minimum Gasteiger partial charge on any atom is -0.619 e. The fourth-order valence-electron chi connectivity index (χ4n) is 7.62. The van der Waals surface area contributed by atoms with E-state index in [-0.39, 0.29) is 53.1 Å². The molecule has 2 aromatic heterocycles. The van der Waals surface area contributed by atoms with Crippen molar-refractivity contribution < 1.29 is 38.2 Å². The second kappa shape index (κ2) is 18.0. The summed E-state index contributed by atoms with van der Waals surface area (Å²) in [7, 11) is 0. The molecule has 4 saturated heterocycles. The number of hydrogen-bond acceptors (Lipinski definition) is 9. The quantitative estimate of drug-likeness (QED) is 0.266. The van der Waals surface area contributed by atoms with Crippen LogP contribution >= 0.6 is 0 Å². The van der Waals surface area contributed by atoms with E-state index in [1.54, 1.807) is 29.2 Å². The van der Waals surface area contributed by atoms with Crippen LogP contribution in [0, 0.1) is 34.1 Å². The lowest BCUT2D eigenvalue weighted by Gasteiger charge is -2.37. The second-order valence-corrected chi connectivity index (χ2v) is 15.6. The molecule has 0 spiro atoms. The summed E-state index contributed by atoms with van der Waals surface area (Å²) in [6, 6.07) is 6.51. The van der Waals surface area contributed by atoms with Crippen LogP contribution in [0.3, 0.4) is 0 Å². The van der Waals surface area contributed by atoms with Gasteiger partial charge < -0.3 is 35.2 Å². The van der Waals surface area contributed by atoms with Gasteiger partial charge in [0, 0.05) is 75.1 Å². The molecular weight excluding hydrogens is 680 g/mol. The minimum atomic E-state index is -0.529. The Morgan fingerprint density at radius 1 is 0.623 bits per heavy atom. The van der Waals surface area contributed by atoms with E-state index < -0.39 is 5.60 Å². The van der Waals surface area contributed by atoms with Crippen LogP contribution in [0.1, 0.15) is 92.9 Å². The number of pyridine rings is 2. The Morgan fingerprint density at radius 3 is 1.40 bits per heavy atom. The van der Waals surface area contributed by atoms with Crippen molar-refractivity contribution in [2.75, 3.05) is 52.4 Å². The van der Waals surface area contributed by atoms with Crippen molar-refractivity contribution in [1.29, 1.82) is 0 Å². The van der Waals surface area contributed by atoms with Crippen LogP contribution in [-0.2, 0) is 14.3 Å². The maximum absolute atomic E-state index is 12.9. The molecule has 14 heteroatoms. The summed E-state index contributed by atoms with van der Waals surface area (Å²) < 4.78 is 6.70. The van der Waals surface area contributed by atoms with Gasteiger partial charge in [-0.15, -0.1) is 0 Å². The number of piperidine rings is 4. The van der Waals surface area contributed by atoms with Gasteiger partial charge in [0.25, 0.3) is 0 Å². The highest BCUT2D eigenvalue weighted by molar-refractivity contribution is 5.98. The molecule has 53 heavy (non-hydrogen) atoms. The number of rotatable bonds is 6. The fraction of sp³-hybridized carbons (Fsp3) is 0.615. The SMILES string of the molecule is CC(C)(C)OC(=O)N1CCC(C(=O)N2CCC(C(=O)c3ccc[n+]([O-])c3)CC2)CC1.O=C(c1ccc[n+]([O-])c1)C1CCN(C(=O)C2CCNCC2)CC1. The molecule has 0 aliphatic carbocycles. The number of carbonyl (C=O) groups is 5. The average Bonchev–Trinajstić information content (AvgIpc) is 3.17. The van der Waals surface area contributed by atoms with E-state index in [1.165, 1.54) is 24.8 Å². The monoisotopic (exact) mass is 734 g/mol. The Bertz CT molecular complexity index is 1600. The number of ether oxygens (including phenoxy) is 1. The van der Waals surface area contributed by atoms with Crippen LogP contribution in [0.2, 0.25) is 0 Å². The van der Waals surface area contributed by atoms with E-state index in [0.717, 1.165) is 25.9 Å². The Morgan fingerprint density at radius 2 is 1.00 bits per heavy atom. The number of hydrogen-bond donors (Lipinski definition) is 1. The zero-order valence-electron chi connectivity index (χ0n) is 31.2. The highest BCUT2D eigenvalue weighted by Crippen LogP contribution is 2.27. The lowest BCUT2D eigenvalue weighted by Crippen LogP contribution is -2.48. The summed E-state index contributed by atoms with van der Waals surface area (Å²) in [5.74, 6) is 0.139. The molecule has 6 heterocycles. The van der Waals surface area contributed by atoms with Crippen molar-refractivity contribution in [3.8, 4) is 0 Å². The van der Waals surface area contributed by atoms with Crippen molar-refractivity contribution in [2.45, 2.75) is 77.7 Å². The number of likely N-dealkylation sites (tertiary alicyclic amines) is 3. The van der Waals surface area contributed by atoms with E-state index in [0.29, 0.717) is 98.4 Å². The number of nitrogens with zero attached hydrogens (tertiary/aromatic N) is 5. The van der Waals surface area contributed by atoms with Crippen LogP contribution in [-0.4, -0.2) is 102 Å². The van der Waals surface area contributed by atoms with Gasteiger partial charge in [-0.05, 0) is 97.4 Å². The molecule has 0 unspecified atom stereocenters. The first-order valence-electron chi connectivity index (χ1n) is 19.0. The number of nitrogens with one attached hydrogen (secondary N) is 1. The molecule has 6 rings (SSSR count). The Labute approximate surface area is 311 Å². The molecule has 0 saturated carbocycles. The average molecular weight is 735 g/mol. The lowest BCUT2D eigenvalue weighted by atomic mass is 9.88. The van der Waals surface area contributed by atoms with Crippen molar-refractivity contribution in [2.24, 2.45) is 23.7 Å².